The first-order valence-electron chi connectivity index (χ1n) is 11.9. The topological polar surface area (TPSA) is 79.2 Å². The highest BCUT2D eigenvalue weighted by atomic mass is 32.2. The molecule has 1 N–H and O–H groups in total. The van der Waals surface area contributed by atoms with E-state index in [1.807, 2.05) is 48.5 Å². The lowest BCUT2D eigenvalue weighted by Crippen LogP contribution is -2.60. The predicted octanol–water partition coefficient (Wildman–Crippen LogP) is 4.71. The quantitative estimate of drug-likeness (QED) is 0.273. The van der Waals surface area contributed by atoms with Crippen LogP contribution in [0.3, 0.4) is 0 Å². The number of carbonyl (C=O) groups is 1. The van der Waals surface area contributed by atoms with E-state index >= 15 is 0 Å². The summed E-state index contributed by atoms with van der Waals surface area (Å²) in [5, 5.41) is 5.40. The first-order chi connectivity index (χ1) is 16.6. The summed E-state index contributed by atoms with van der Waals surface area (Å²) in [6.07, 6.45) is 3.52. The van der Waals surface area contributed by atoms with Crippen LogP contribution in [0.2, 0.25) is 0 Å². The number of hydrogen-bond acceptors (Lipinski definition) is 5. The number of aromatic nitrogens is 3. The number of aromatic amines is 1. The summed E-state index contributed by atoms with van der Waals surface area (Å²) in [6.45, 7) is 6.31. The maximum absolute atomic E-state index is 13.4. The number of ether oxygens (including phenoxy) is 1. The Morgan fingerprint density at radius 2 is 1.88 bits per heavy atom. The normalized spacial score (nSPS) is 14.4. The number of nitrogens with zero attached hydrogens (tertiary/aromatic N) is 3. The van der Waals surface area contributed by atoms with Crippen LogP contribution in [-0.4, -0.2) is 28.3 Å². The molecule has 1 amide bonds. The number of rotatable bonds is 9. The number of anilines is 1. The van der Waals surface area contributed by atoms with E-state index in [0.717, 1.165) is 37.0 Å². The molecular weight excluding hydrogens is 448 g/mol. The van der Waals surface area contributed by atoms with E-state index in [-0.39, 0.29) is 11.5 Å². The van der Waals surface area contributed by atoms with Crippen LogP contribution in [0, 0.1) is 0 Å². The van der Waals surface area contributed by atoms with Gasteiger partial charge in [-0.2, -0.15) is 0 Å². The Labute approximate surface area is 204 Å². The number of amides is 1. The van der Waals surface area contributed by atoms with Gasteiger partial charge >= 0.3 is 11.3 Å². The zero-order valence-electron chi connectivity index (χ0n) is 19.9. The summed E-state index contributed by atoms with van der Waals surface area (Å²) >= 11 is 1.53. The molecule has 0 aliphatic carbocycles. The Balaban J connectivity index is 1.92. The first-order valence-corrected chi connectivity index (χ1v) is 12.8. The van der Waals surface area contributed by atoms with E-state index in [4.69, 9.17) is 9.84 Å². The van der Waals surface area contributed by atoms with Crippen LogP contribution in [-0.2, 0) is 4.79 Å². The van der Waals surface area contributed by atoms with Crippen molar-refractivity contribution in [3.63, 3.8) is 0 Å². The molecular formula is C26H31N4O3S+. The molecule has 8 heteroatoms. The first kappa shape index (κ1) is 24.0. The highest BCUT2D eigenvalue weighted by Crippen LogP contribution is 2.39. The van der Waals surface area contributed by atoms with E-state index in [1.165, 1.54) is 11.8 Å². The minimum atomic E-state index is -0.646. The van der Waals surface area contributed by atoms with Crippen LogP contribution in [0.1, 0.15) is 58.2 Å². The van der Waals surface area contributed by atoms with Crippen molar-refractivity contribution in [3.05, 3.63) is 64.4 Å². The van der Waals surface area contributed by atoms with E-state index in [0.29, 0.717) is 34.5 Å². The molecule has 0 bridgehead atoms. The maximum atomic E-state index is 13.4. The number of carbonyl (C=O) groups excluding carboxylic acids is 1. The minimum Gasteiger partial charge on any atom is -0.493 e. The van der Waals surface area contributed by atoms with Crippen molar-refractivity contribution in [1.82, 2.24) is 10.1 Å². The minimum absolute atomic E-state index is 0.139. The molecule has 1 aromatic heterocycles. The fraction of sp³-hybridized carbons (Fsp3) is 0.385. The SMILES string of the molecule is CCCCCSc1n[n+]2c(c(=O)[nH]1)-c1ccccc1N(C(C)=O)C2c1ccccc1OCCC. The average Bonchev–Trinajstić information content (AvgIpc) is 2.84. The van der Waals surface area contributed by atoms with Crippen LogP contribution in [0.5, 0.6) is 5.75 Å². The number of benzene rings is 2. The molecule has 0 saturated carbocycles. The summed E-state index contributed by atoms with van der Waals surface area (Å²) in [6, 6.07) is 15.1. The second-order valence-corrected chi connectivity index (χ2v) is 9.36. The van der Waals surface area contributed by atoms with Crippen LogP contribution < -0.4 is 19.9 Å². The summed E-state index contributed by atoms with van der Waals surface area (Å²) in [4.78, 5) is 31.1. The van der Waals surface area contributed by atoms with Gasteiger partial charge in [0.05, 0.1) is 23.4 Å². The molecule has 0 spiro atoms. The molecule has 1 aliphatic rings. The molecule has 1 aliphatic heterocycles. The third-order valence-electron chi connectivity index (χ3n) is 5.74. The largest absolute Gasteiger partial charge is 0.493 e. The molecule has 0 fully saturated rings. The van der Waals surface area contributed by atoms with Gasteiger partial charge in [-0.25, -0.2) is 4.90 Å². The monoisotopic (exact) mass is 479 g/mol. The van der Waals surface area contributed by atoms with E-state index in [1.54, 1.807) is 16.5 Å². The molecule has 1 atom stereocenters. The van der Waals surface area contributed by atoms with Gasteiger partial charge in [0.2, 0.25) is 11.1 Å². The number of nitrogens with one attached hydrogen (secondary N) is 1. The number of fused-ring (bicyclic) bond motifs is 3. The lowest BCUT2D eigenvalue weighted by atomic mass is 10.0. The van der Waals surface area contributed by atoms with Crippen molar-refractivity contribution in [2.45, 2.75) is 57.8 Å². The Bertz CT molecular complexity index is 1230. The van der Waals surface area contributed by atoms with Gasteiger partial charge in [0, 0.05) is 17.8 Å². The fourth-order valence-electron chi connectivity index (χ4n) is 4.22. The van der Waals surface area contributed by atoms with E-state index in [2.05, 4.69) is 18.8 Å². The van der Waals surface area contributed by atoms with Gasteiger partial charge in [-0.1, -0.05) is 62.7 Å². The van der Waals surface area contributed by atoms with Gasteiger partial charge in [-0.15, -0.1) is 0 Å². The number of thioether (sulfide) groups is 1. The molecule has 34 heavy (non-hydrogen) atoms. The Morgan fingerprint density at radius 1 is 1.12 bits per heavy atom. The Hall–Kier alpha value is -3.13. The Kier molecular flexibility index (Phi) is 7.67. The summed E-state index contributed by atoms with van der Waals surface area (Å²) in [5.74, 6) is 1.40. The average molecular weight is 480 g/mol. The second-order valence-electron chi connectivity index (χ2n) is 8.27. The molecule has 178 valence electrons. The van der Waals surface area contributed by atoms with Crippen LogP contribution in [0.25, 0.3) is 11.3 Å². The fourth-order valence-corrected chi connectivity index (χ4v) is 5.07. The van der Waals surface area contributed by atoms with Crippen LogP contribution in [0.4, 0.5) is 5.69 Å². The third kappa shape index (κ3) is 4.73. The van der Waals surface area contributed by atoms with Gasteiger partial charge in [0.15, 0.2) is 0 Å². The van der Waals surface area contributed by atoms with Crippen molar-refractivity contribution in [3.8, 4) is 17.0 Å². The van der Waals surface area contributed by atoms with Gasteiger partial charge in [-0.3, -0.25) is 14.6 Å². The van der Waals surface area contributed by atoms with Crippen molar-refractivity contribution < 1.29 is 14.2 Å². The number of H-pyrrole nitrogens is 1. The highest BCUT2D eigenvalue weighted by molar-refractivity contribution is 7.99. The molecule has 3 aromatic rings. The van der Waals surface area contributed by atoms with E-state index in [9.17, 15) is 9.59 Å². The van der Waals surface area contributed by atoms with Crippen molar-refractivity contribution in [2.24, 2.45) is 0 Å². The van der Waals surface area contributed by atoms with Gasteiger partial charge in [0.1, 0.15) is 5.75 Å². The highest BCUT2D eigenvalue weighted by Gasteiger charge is 2.46. The molecule has 1 unspecified atom stereocenters. The van der Waals surface area contributed by atoms with Crippen molar-refractivity contribution >= 4 is 23.4 Å². The molecule has 2 aromatic carbocycles. The maximum Gasteiger partial charge on any atom is 0.325 e. The summed E-state index contributed by atoms with van der Waals surface area (Å²) < 4.78 is 7.75. The van der Waals surface area contributed by atoms with Crippen molar-refractivity contribution in [1.29, 1.82) is 0 Å². The number of unbranched alkanes of at least 4 members (excludes halogenated alkanes) is 2. The Morgan fingerprint density at radius 3 is 2.65 bits per heavy atom. The standard InChI is InChI=1S/C26H30N4O3S/c1-4-6-11-17-34-26-27-24(32)23-19-12-7-9-14-21(19)29(18(3)31)25(30(23)28-26)20-13-8-10-15-22(20)33-16-5-2/h7-10,12-15,25H,4-6,11,16-17H2,1-3H3/p+1. The van der Waals surface area contributed by atoms with Gasteiger partial charge in [-0.05, 0) is 41.8 Å². The summed E-state index contributed by atoms with van der Waals surface area (Å²) in [7, 11) is 0. The molecule has 7 nitrogen and oxygen atoms in total. The van der Waals surface area contributed by atoms with Crippen LogP contribution >= 0.6 is 11.8 Å². The number of para-hydroxylation sites is 2. The molecule has 4 rings (SSSR count). The third-order valence-corrected chi connectivity index (χ3v) is 6.69. The molecule has 0 saturated heterocycles. The van der Waals surface area contributed by atoms with Crippen molar-refractivity contribution in [2.75, 3.05) is 17.3 Å². The predicted molar refractivity (Wildman–Crippen MR) is 134 cm³/mol. The zero-order valence-corrected chi connectivity index (χ0v) is 20.7. The lowest BCUT2D eigenvalue weighted by Gasteiger charge is -2.32. The van der Waals surface area contributed by atoms with Gasteiger partial charge < -0.3 is 4.74 Å². The second kappa shape index (κ2) is 10.9. The number of hydrogen-bond donors (Lipinski definition) is 1. The lowest BCUT2D eigenvalue weighted by molar-refractivity contribution is -0.763. The summed E-state index contributed by atoms with van der Waals surface area (Å²) in [5.41, 5.74) is 2.35. The van der Waals surface area contributed by atoms with E-state index < -0.39 is 6.17 Å². The van der Waals surface area contributed by atoms with Crippen LogP contribution in [0.15, 0.2) is 58.5 Å². The zero-order chi connectivity index (χ0) is 24.1. The molecule has 0 radical (unpaired) electrons. The smallest absolute Gasteiger partial charge is 0.325 e. The van der Waals surface area contributed by atoms with Gasteiger partial charge in [0.25, 0.3) is 6.17 Å². The molecule has 2 heterocycles.